The van der Waals surface area contributed by atoms with Crippen molar-refractivity contribution in [3.05, 3.63) is 41.5 Å². The van der Waals surface area contributed by atoms with E-state index >= 15 is 0 Å². The lowest BCUT2D eigenvalue weighted by atomic mass is 9.83. The highest BCUT2D eigenvalue weighted by atomic mass is 16.5. The first kappa shape index (κ1) is 13.5. The van der Waals surface area contributed by atoms with E-state index in [1.54, 1.807) is 6.92 Å². The van der Waals surface area contributed by atoms with Crippen LogP contribution in [-0.2, 0) is 14.3 Å². The maximum atomic E-state index is 12.3. The molecule has 0 N–H and O–H groups in total. The van der Waals surface area contributed by atoms with Gasteiger partial charge in [-0.3, -0.25) is 9.59 Å². The Morgan fingerprint density at radius 1 is 1.37 bits per heavy atom. The summed E-state index contributed by atoms with van der Waals surface area (Å²) in [5, 5.41) is 0. The van der Waals surface area contributed by atoms with E-state index in [0.29, 0.717) is 13.0 Å². The quantitative estimate of drug-likeness (QED) is 0.475. The summed E-state index contributed by atoms with van der Waals surface area (Å²) in [6, 6.07) is 9.71. The minimum Gasteiger partial charge on any atom is -0.465 e. The van der Waals surface area contributed by atoms with Gasteiger partial charge in [0.2, 0.25) is 0 Å². The molecule has 0 aromatic heterocycles. The van der Waals surface area contributed by atoms with Gasteiger partial charge in [-0.15, -0.1) is 0 Å². The molecular formula is C16H18O3. The van der Waals surface area contributed by atoms with Crippen molar-refractivity contribution in [2.45, 2.75) is 26.2 Å². The van der Waals surface area contributed by atoms with Crippen molar-refractivity contribution < 1.29 is 14.3 Å². The van der Waals surface area contributed by atoms with Gasteiger partial charge in [0, 0.05) is 0 Å². The van der Waals surface area contributed by atoms with E-state index in [1.165, 1.54) is 0 Å². The van der Waals surface area contributed by atoms with Gasteiger partial charge < -0.3 is 4.74 Å². The Balaban J connectivity index is 2.17. The predicted molar refractivity (Wildman–Crippen MR) is 73.4 cm³/mol. The fourth-order valence-corrected chi connectivity index (χ4v) is 2.34. The molecule has 19 heavy (non-hydrogen) atoms. The first-order valence-corrected chi connectivity index (χ1v) is 6.69. The Hall–Kier alpha value is -1.90. The minimum absolute atomic E-state index is 0.0754. The Bertz CT molecular complexity index is 488. The lowest BCUT2D eigenvalue weighted by Gasteiger charge is -2.21. The van der Waals surface area contributed by atoms with Gasteiger partial charge in [-0.2, -0.15) is 0 Å². The van der Waals surface area contributed by atoms with E-state index in [0.717, 1.165) is 24.0 Å². The number of ketones is 1. The van der Waals surface area contributed by atoms with E-state index in [-0.39, 0.29) is 11.8 Å². The number of benzene rings is 1. The van der Waals surface area contributed by atoms with Crippen LogP contribution >= 0.6 is 0 Å². The van der Waals surface area contributed by atoms with Gasteiger partial charge in [-0.25, -0.2) is 0 Å². The Morgan fingerprint density at radius 3 is 2.79 bits per heavy atom. The van der Waals surface area contributed by atoms with Gasteiger partial charge in [-0.1, -0.05) is 30.3 Å². The molecule has 3 nitrogen and oxygen atoms in total. The molecule has 0 bridgehead atoms. The third-order valence-electron chi connectivity index (χ3n) is 3.28. The van der Waals surface area contributed by atoms with Crippen LogP contribution < -0.4 is 0 Å². The number of carbonyl (C=O) groups is 2. The third kappa shape index (κ3) is 3.31. The maximum Gasteiger partial charge on any atom is 0.316 e. The van der Waals surface area contributed by atoms with Gasteiger partial charge >= 0.3 is 5.97 Å². The molecule has 2 rings (SSSR count). The lowest BCUT2D eigenvalue weighted by molar-refractivity contribution is -0.151. The molecule has 0 radical (unpaired) electrons. The molecule has 1 fully saturated rings. The molecule has 0 saturated heterocycles. The lowest BCUT2D eigenvalue weighted by Crippen LogP contribution is -2.30. The SMILES string of the molecule is CCOC(=O)C1CCC/C(=C/c2ccccc2)C1=O. The Morgan fingerprint density at radius 2 is 2.11 bits per heavy atom. The Labute approximate surface area is 113 Å². The molecule has 100 valence electrons. The van der Waals surface area contributed by atoms with Crippen LogP contribution in [0.2, 0.25) is 0 Å². The zero-order valence-corrected chi connectivity index (χ0v) is 11.1. The number of rotatable bonds is 3. The summed E-state index contributed by atoms with van der Waals surface area (Å²) in [6.07, 6.45) is 4.08. The second-order valence-electron chi connectivity index (χ2n) is 4.64. The van der Waals surface area contributed by atoms with Crippen LogP contribution in [0.15, 0.2) is 35.9 Å². The van der Waals surface area contributed by atoms with Gasteiger partial charge in [0.25, 0.3) is 0 Å². The zero-order valence-electron chi connectivity index (χ0n) is 11.1. The number of hydrogen-bond acceptors (Lipinski definition) is 3. The van der Waals surface area contributed by atoms with Gasteiger partial charge in [0.05, 0.1) is 6.61 Å². The fraction of sp³-hybridized carbons (Fsp3) is 0.375. The normalized spacial score (nSPS) is 21.4. The maximum absolute atomic E-state index is 12.3. The summed E-state index contributed by atoms with van der Waals surface area (Å²) in [7, 11) is 0. The summed E-state index contributed by atoms with van der Waals surface area (Å²) < 4.78 is 4.96. The van der Waals surface area contributed by atoms with Crippen molar-refractivity contribution in [2.24, 2.45) is 5.92 Å². The van der Waals surface area contributed by atoms with Crippen molar-refractivity contribution >= 4 is 17.8 Å². The molecule has 1 aromatic rings. The summed E-state index contributed by atoms with van der Waals surface area (Å²) in [6.45, 7) is 2.08. The molecule has 1 aromatic carbocycles. The average molecular weight is 258 g/mol. The van der Waals surface area contributed by atoms with Crippen molar-refractivity contribution in [3.8, 4) is 0 Å². The van der Waals surface area contributed by atoms with Crippen molar-refractivity contribution in [1.29, 1.82) is 0 Å². The molecular weight excluding hydrogens is 240 g/mol. The highest BCUT2D eigenvalue weighted by molar-refractivity contribution is 6.11. The third-order valence-corrected chi connectivity index (χ3v) is 3.28. The van der Waals surface area contributed by atoms with Crippen LogP contribution in [0, 0.1) is 5.92 Å². The topological polar surface area (TPSA) is 43.4 Å². The van der Waals surface area contributed by atoms with Crippen LogP contribution in [0.1, 0.15) is 31.7 Å². The largest absolute Gasteiger partial charge is 0.465 e. The van der Waals surface area contributed by atoms with Crippen LogP contribution in [0.25, 0.3) is 6.08 Å². The minimum atomic E-state index is -0.608. The molecule has 0 aliphatic heterocycles. The second kappa shape index (κ2) is 6.32. The van der Waals surface area contributed by atoms with Crippen LogP contribution in [0.3, 0.4) is 0 Å². The monoisotopic (exact) mass is 258 g/mol. The molecule has 3 heteroatoms. The van der Waals surface area contributed by atoms with Crippen LogP contribution in [0.5, 0.6) is 0 Å². The zero-order chi connectivity index (χ0) is 13.7. The number of Topliss-reactive ketones (excluding diaryl/α,β-unsaturated/α-hetero) is 1. The molecule has 0 spiro atoms. The highest BCUT2D eigenvalue weighted by Gasteiger charge is 2.33. The smallest absolute Gasteiger partial charge is 0.316 e. The van der Waals surface area contributed by atoms with E-state index in [1.807, 2.05) is 36.4 Å². The fourth-order valence-electron chi connectivity index (χ4n) is 2.34. The number of hydrogen-bond donors (Lipinski definition) is 0. The van der Waals surface area contributed by atoms with Crippen LogP contribution in [-0.4, -0.2) is 18.4 Å². The highest BCUT2D eigenvalue weighted by Crippen LogP contribution is 2.27. The van der Waals surface area contributed by atoms with Gasteiger partial charge in [-0.05, 0) is 43.4 Å². The second-order valence-corrected chi connectivity index (χ2v) is 4.64. The van der Waals surface area contributed by atoms with Crippen molar-refractivity contribution in [3.63, 3.8) is 0 Å². The molecule has 0 amide bonds. The molecule has 1 saturated carbocycles. The van der Waals surface area contributed by atoms with Crippen molar-refractivity contribution in [2.75, 3.05) is 6.61 Å². The number of carbonyl (C=O) groups excluding carboxylic acids is 2. The van der Waals surface area contributed by atoms with E-state index in [9.17, 15) is 9.59 Å². The van der Waals surface area contributed by atoms with Crippen LogP contribution in [0.4, 0.5) is 0 Å². The summed E-state index contributed by atoms with van der Waals surface area (Å²) in [5.41, 5.74) is 1.73. The standard InChI is InChI=1S/C16H18O3/c1-2-19-16(18)14-10-6-9-13(15(14)17)11-12-7-4-3-5-8-12/h3-5,7-8,11,14H,2,6,9-10H2,1H3/b13-11-. The van der Waals surface area contributed by atoms with E-state index < -0.39 is 5.92 Å². The molecule has 1 aliphatic rings. The number of allylic oxidation sites excluding steroid dienone is 1. The molecule has 1 atom stereocenters. The Kier molecular flexibility index (Phi) is 4.50. The van der Waals surface area contributed by atoms with Crippen molar-refractivity contribution in [1.82, 2.24) is 0 Å². The van der Waals surface area contributed by atoms with E-state index in [4.69, 9.17) is 4.74 Å². The molecule has 1 aliphatic carbocycles. The molecule has 1 unspecified atom stereocenters. The summed E-state index contributed by atoms with van der Waals surface area (Å²) in [4.78, 5) is 24.0. The van der Waals surface area contributed by atoms with Gasteiger partial charge in [0.1, 0.15) is 5.92 Å². The summed E-state index contributed by atoms with van der Waals surface area (Å²) in [5.74, 6) is -1.07. The number of esters is 1. The van der Waals surface area contributed by atoms with Gasteiger partial charge in [0.15, 0.2) is 5.78 Å². The first-order chi connectivity index (χ1) is 9.22. The molecule has 0 heterocycles. The first-order valence-electron chi connectivity index (χ1n) is 6.69. The predicted octanol–water partition coefficient (Wildman–Crippen LogP) is 3.00. The summed E-state index contributed by atoms with van der Waals surface area (Å²) >= 11 is 0. The number of ether oxygens (including phenoxy) is 1. The van der Waals surface area contributed by atoms with E-state index in [2.05, 4.69) is 0 Å². The average Bonchev–Trinajstić information content (AvgIpc) is 2.42.